The molecule has 6 aromatic carbocycles. The van der Waals surface area contributed by atoms with Crippen LogP contribution in [0, 0.1) is 0 Å². The summed E-state index contributed by atoms with van der Waals surface area (Å²) in [5.41, 5.74) is 9.46. The summed E-state index contributed by atoms with van der Waals surface area (Å²) in [5, 5.41) is 20.5. The molecule has 0 atom stereocenters. The molecular formula is C52H52N8O. The van der Waals surface area contributed by atoms with E-state index in [2.05, 4.69) is 167 Å². The molecule has 1 aliphatic carbocycles. The third kappa shape index (κ3) is 8.20. The molecule has 61 heavy (non-hydrogen) atoms. The molecule has 1 fully saturated rings. The topological polar surface area (TPSA) is 103 Å². The number of rotatable bonds is 15. The zero-order valence-corrected chi connectivity index (χ0v) is 34.8. The van der Waals surface area contributed by atoms with Crippen LogP contribution in [0.15, 0.2) is 158 Å². The van der Waals surface area contributed by atoms with Gasteiger partial charge in [-0.05, 0) is 81.3 Å². The van der Waals surface area contributed by atoms with Gasteiger partial charge in [0.15, 0.2) is 5.82 Å². The molecule has 8 aromatic rings. The molecular weight excluding hydrogens is 753 g/mol. The number of nitrogens with one attached hydrogen (secondary N) is 2. The second-order valence-corrected chi connectivity index (χ2v) is 16.1. The lowest BCUT2D eigenvalue weighted by Gasteiger charge is -2.36. The van der Waals surface area contributed by atoms with Gasteiger partial charge in [-0.15, -0.1) is 5.10 Å². The van der Waals surface area contributed by atoms with Gasteiger partial charge in [-0.25, -0.2) is 9.67 Å². The van der Waals surface area contributed by atoms with Crippen LogP contribution in [0.5, 0.6) is 0 Å². The van der Waals surface area contributed by atoms with Crippen LogP contribution in [0.1, 0.15) is 79.9 Å². The Kier molecular flexibility index (Phi) is 11.8. The Bertz CT molecular complexity index is 2590. The Morgan fingerprint density at radius 3 is 1.98 bits per heavy atom. The average molecular weight is 805 g/mol. The molecule has 1 aliphatic rings. The number of tetrazole rings is 1. The summed E-state index contributed by atoms with van der Waals surface area (Å²) in [4.78, 5) is 17.9. The highest BCUT2D eigenvalue weighted by atomic mass is 16.2. The highest BCUT2D eigenvalue weighted by Crippen LogP contribution is 2.43. The van der Waals surface area contributed by atoms with Gasteiger partial charge in [-0.1, -0.05) is 172 Å². The van der Waals surface area contributed by atoms with E-state index < -0.39 is 5.54 Å². The maximum Gasteiger partial charge on any atom is 0.239 e. The molecule has 1 amide bonds. The van der Waals surface area contributed by atoms with Crippen LogP contribution in [0.3, 0.4) is 0 Å². The molecule has 9 nitrogen and oxygen atoms in total. The number of imidazole rings is 1. The number of aromatic nitrogens is 6. The number of nitrogens with zero attached hydrogens (tertiary/aromatic N) is 6. The monoisotopic (exact) mass is 804 g/mol. The minimum atomic E-state index is -0.859. The number of fused-ring (bicyclic) bond motifs is 1. The van der Waals surface area contributed by atoms with Crippen molar-refractivity contribution in [3.63, 3.8) is 0 Å². The van der Waals surface area contributed by atoms with Crippen LogP contribution in [0.4, 0.5) is 5.69 Å². The third-order valence-electron chi connectivity index (χ3n) is 12.1. The maximum absolute atomic E-state index is 12.7. The number of carbonyl (C=O) groups excluding carboxylic acids is 1. The van der Waals surface area contributed by atoms with Gasteiger partial charge < -0.3 is 15.2 Å². The first-order valence-corrected chi connectivity index (χ1v) is 21.8. The first kappa shape index (κ1) is 39.6. The molecule has 2 heterocycles. The van der Waals surface area contributed by atoms with E-state index in [1.807, 2.05) is 22.9 Å². The van der Waals surface area contributed by atoms with E-state index in [4.69, 9.17) is 15.3 Å². The Morgan fingerprint density at radius 1 is 0.721 bits per heavy atom. The second kappa shape index (κ2) is 18.2. The van der Waals surface area contributed by atoms with E-state index in [9.17, 15) is 4.79 Å². The van der Waals surface area contributed by atoms with Crippen molar-refractivity contribution in [2.45, 2.75) is 76.4 Å². The molecule has 0 aliphatic heterocycles. The Hall–Kier alpha value is -6.87. The number of aryl methyl sites for hydroxylation is 1. The van der Waals surface area contributed by atoms with Crippen LogP contribution < -0.4 is 10.6 Å². The largest absolute Gasteiger partial charge is 0.376 e. The van der Waals surface area contributed by atoms with Crippen molar-refractivity contribution < 1.29 is 4.79 Å². The van der Waals surface area contributed by atoms with Gasteiger partial charge >= 0.3 is 0 Å². The molecule has 9 rings (SSSR count). The molecule has 0 bridgehead atoms. The van der Waals surface area contributed by atoms with Gasteiger partial charge in [0.1, 0.15) is 11.4 Å². The maximum atomic E-state index is 12.7. The highest BCUT2D eigenvalue weighted by Gasteiger charge is 2.42. The molecule has 9 heteroatoms. The van der Waals surface area contributed by atoms with Gasteiger partial charge in [0, 0.05) is 30.3 Å². The summed E-state index contributed by atoms with van der Waals surface area (Å²) in [6, 6.07) is 55.3. The summed E-state index contributed by atoms with van der Waals surface area (Å²) >= 11 is 0. The van der Waals surface area contributed by atoms with Crippen molar-refractivity contribution in [1.29, 1.82) is 0 Å². The van der Waals surface area contributed by atoms with E-state index in [-0.39, 0.29) is 12.5 Å². The summed E-state index contributed by atoms with van der Waals surface area (Å²) in [7, 11) is 0. The minimum Gasteiger partial charge on any atom is -0.376 e. The zero-order valence-electron chi connectivity index (χ0n) is 34.8. The molecule has 1 saturated carbocycles. The highest BCUT2D eigenvalue weighted by molar-refractivity contribution is 5.84. The van der Waals surface area contributed by atoms with E-state index in [0.29, 0.717) is 18.4 Å². The van der Waals surface area contributed by atoms with E-state index in [1.54, 1.807) is 0 Å². The lowest BCUT2D eigenvalue weighted by Crippen LogP contribution is -2.39. The van der Waals surface area contributed by atoms with Crippen LogP contribution >= 0.6 is 0 Å². The summed E-state index contributed by atoms with van der Waals surface area (Å²) in [6.07, 6.45) is 8.86. The minimum absolute atomic E-state index is 0.0467. The SMILES string of the molecule is CCCCc1nc2cc(NCC(=O)NC3CCCCC3)ccc2n1Cc1ccc(-c2ccccc2-c2nnnn2C(c2ccccc2)(c2ccccc2)c2ccccc2)cc1. The van der Waals surface area contributed by atoms with Gasteiger partial charge in [0.05, 0.1) is 17.6 Å². The number of unbranched alkanes of at least 4 members (excludes halogenated alkanes) is 1. The number of amides is 1. The first-order valence-electron chi connectivity index (χ1n) is 21.8. The van der Waals surface area contributed by atoms with Crippen LogP contribution in [0.25, 0.3) is 33.5 Å². The van der Waals surface area contributed by atoms with Gasteiger partial charge in [0.25, 0.3) is 0 Å². The molecule has 0 radical (unpaired) electrons. The predicted molar refractivity (Wildman–Crippen MR) is 244 cm³/mol. The van der Waals surface area contributed by atoms with Gasteiger partial charge in [0.2, 0.25) is 5.91 Å². The fraction of sp³-hybridized carbons (Fsp3) is 0.250. The van der Waals surface area contributed by atoms with Crippen molar-refractivity contribution in [2.24, 2.45) is 0 Å². The number of hydrogen-bond acceptors (Lipinski definition) is 6. The second-order valence-electron chi connectivity index (χ2n) is 16.1. The van der Waals surface area contributed by atoms with E-state index in [1.165, 1.54) is 24.8 Å². The molecule has 0 spiro atoms. The summed E-state index contributed by atoms with van der Waals surface area (Å²) < 4.78 is 4.34. The van der Waals surface area contributed by atoms with E-state index >= 15 is 0 Å². The van der Waals surface area contributed by atoms with Crippen molar-refractivity contribution in [3.05, 3.63) is 186 Å². The number of hydrogen-bond donors (Lipinski definition) is 2. The molecule has 2 N–H and O–H groups in total. The van der Waals surface area contributed by atoms with Crippen LogP contribution in [0.2, 0.25) is 0 Å². The normalized spacial score (nSPS) is 13.3. The van der Waals surface area contributed by atoms with E-state index in [0.717, 1.165) is 88.0 Å². The lowest BCUT2D eigenvalue weighted by molar-refractivity contribution is -0.120. The quantitative estimate of drug-likeness (QED) is 0.100. The van der Waals surface area contributed by atoms with Crippen molar-refractivity contribution in [2.75, 3.05) is 11.9 Å². The fourth-order valence-electron chi connectivity index (χ4n) is 9.09. The number of benzene rings is 6. The Morgan fingerprint density at radius 2 is 1.34 bits per heavy atom. The first-order chi connectivity index (χ1) is 30.1. The standard InChI is InChI=1S/C52H52N8O/c1-2-3-28-49-55-47-35-44(53-36-50(61)54-43-24-14-7-15-25-43)33-34-48(47)59(49)37-38-29-31-39(32-30-38)45-26-16-17-27-46(45)51-56-57-58-60(51)52(40-18-8-4-9-19-40,41-20-10-5-11-21-41)42-22-12-6-13-23-42/h4-6,8-13,16-23,26-27,29-35,43,53H,2-3,7,14-15,24-25,28,36-37H2,1H3,(H,54,61). The van der Waals surface area contributed by atoms with Crippen LogP contribution in [-0.2, 0) is 23.3 Å². The summed E-state index contributed by atoms with van der Waals surface area (Å²) in [6.45, 7) is 3.16. The summed E-state index contributed by atoms with van der Waals surface area (Å²) in [5.74, 6) is 1.79. The number of carbonyl (C=O) groups is 1. The van der Waals surface area contributed by atoms with Gasteiger partial charge in [-0.3, -0.25) is 4.79 Å². The zero-order chi connectivity index (χ0) is 41.4. The lowest BCUT2D eigenvalue weighted by atomic mass is 9.77. The molecule has 0 saturated heterocycles. The molecule has 2 aromatic heterocycles. The predicted octanol–water partition coefficient (Wildman–Crippen LogP) is 10.4. The molecule has 306 valence electrons. The smallest absolute Gasteiger partial charge is 0.239 e. The van der Waals surface area contributed by atoms with Crippen molar-refractivity contribution in [1.82, 2.24) is 35.1 Å². The van der Waals surface area contributed by atoms with Gasteiger partial charge in [-0.2, -0.15) is 0 Å². The third-order valence-corrected chi connectivity index (χ3v) is 12.1. The van der Waals surface area contributed by atoms with Crippen molar-refractivity contribution in [3.8, 4) is 22.5 Å². The number of anilines is 1. The Balaban J connectivity index is 1.02. The fourth-order valence-corrected chi connectivity index (χ4v) is 9.09. The average Bonchev–Trinajstić information content (AvgIpc) is 3.94. The Labute approximate surface area is 357 Å². The van der Waals surface area contributed by atoms with Crippen molar-refractivity contribution >= 4 is 22.6 Å². The molecule has 0 unspecified atom stereocenters. The van der Waals surface area contributed by atoms with Crippen LogP contribution in [-0.4, -0.2) is 48.3 Å².